The van der Waals surface area contributed by atoms with Crippen LogP contribution in [0.25, 0.3) is 0 Å². The van der Waals surface area contributed by atoms with Crippen LogP contribution in [0.1, 0.15) is 115 Å². The molecule has 0 aromatic heterocycles. The molecule has 5 heteroatoms. The molecule has 0 aromatic rings. The van der Waals surface area contributed by atoms with Crippen LogP contribution in [0, 0.1) is 0 Å². The number of hydrogen-bond acceptors (Lipinski definition) is 4. The summed E-state index contributed by atoms with van der Waals surface area (Å²) in [6.07, 6.45) is -47.9. The van der Waals surface area contributed by atoms with E-state index in [-0.39, 0.29) is 5.06 Å². The average Bonchev–Trinajstić information content (AvgIpc) is 3.14. The predicted octanol–water partition coefficient (Wildman–Crippen LogP) is 3.51. The van der Waals surface area contributed by atoms with Crippen LogP contribution in [0.5, 0.6) is 0 Å². The van der Waals surface area contributed by atoms with Crippen molar-refractivity contribution >= 4 is 17.8 Å². The third kappa shape index (κ3) is 7.25. The predicted molar refractivity (Wildman–Crippen MR) is 79.0 cm³/mol. The van der Waals surface area contributed by atoms with Crippen molar-refractivity contribution < 1.29 is 50.7 Å². The lowest BCUT2D eigenvalue weighted by molar-refractivity contribution is -0.197. The van der Waals surface area contributed by atoms with Crippen LogP contribution < -0.4 is 0 Å². The molecular weight excluding hydrogens is 270 g/mol. The fourth-order valence-corrected chi connectivity index (χ4v) is 1.06. The van der Waals surface area contributed by atoms with Gasteiger partial charge in [-0.1, -0.05) is 57.8 Å². The largest absolute Gasteiger partial charge is 0.333 e. The molecule has 120 valence electrons. The quantitative estimate of drug-likeness (QED) is 0.546. The molecule has 0 atom stereocenters. The second-order valence-corrected chi connectivity index (χ2v) is 3.21. The zero-order chi connectivity index (χ0) is 35.9. The molecule has 0 bridgehead atoms. The lowest BCUT2D eigenvalue weighted by Gasteiger charge is -2.12. The molecule has 1 heterocycles. The minimum atomic E-state index is -4.89. The summed E-state index contributed by atoms with van der Waals surface area (Å²) in [6.45, 7) is -4.03. The van der Waals surface area contributed by atoms with Gasteiger partial charge in [-0.2, -0.15) is 0 Å². The van der Waals surface area contributed by atoms with Crippen molar-refractivity contribution in [2.75, 3.05) is 0 Å². The third-order valence-electron chi connectivity index (χ3n) is 1.84. The maximum absolute atomic E-state index is 12.5. The van der Waals surface area contributed by atoms with E-state index >= 15 is 0 Å². The highest BCUT2D eigenvalue weighted by Gasteiger charge is 2.32. The molecule has 0 saturated carbocycles. The molecule has 0 aromatic carbocycles. The smallest absolute Gasteiger partial charge is 0.330 e. The Labute approximate surface area is 159 Å². The monoisotopic (exact) mass is 320 g/mol. The molecule has 0 spiro atoms. The van der Waals surface area contributed by atoms with Crippen molar-refractivity contribution in [2.24, 2.45) is 0 Å². The average molecular weight is 321 g/mol. The highest BCUT2D eigenvalue weighted by Crippen LogP contribution is 2.14. The minimum Gasteiger partial charge on any atom is -0.330 e. The van der Waals surface area contributed by atoms with E-state index in [0.717, 1.165) is 0 Å². The number of imide groups is 1. The second kappa shape index (κ2) is 10.4. The van der Waals surface area contributed by atoms with Crippen molar-refractivity contribution in [1.29, 1.82) is 0 Å². The van der Waals surface area contributed by atoms with Crippen LogP contribution >= 0.6 is 0 Å². The summed E-state index contributed by atoms with van der Waals surface area (Å²) < 4.78 is 180. The van der Waals surface area contributed by atoms with E-state index in [9.17, 15) is 14.4 Å². The van der Waals surface area contributed by atoms with Crippen molar-refractivity contribution in [1.82, 2.24) is 5.06 Å². The fourth-order valence-electron chi connectivity index (χ4n) is 1.06. The van der Waals surface area contributed by atoms with Gasteiger partial charge in [-0.15, -0.1) is 5.06 Å². The summed E-state index contributed by atoms with van der Waals surface area (Å²) in [4.78, 5) is 40.1. The first-order valence-electron chi connectivity index (χ1n) is 16.9. The number of hydrogen-bond donors (Lipinski definition) is 0. The number of rotatable bonds is 11. The molecule has 0 radical (unpaired) electrons. The molecule has 5 nitrogen and oxygen atoms in total. The molecule has 0 unspecified atom stereocenters. The highest BCUT2D eigenvalue weighted by atomic mass is 16.7. The minimum absolute atomic E-state index is 0.277. The van der Waals surface area contributed by atoms with Gasteiger partial charge in [-0.3, -0.25) is 9.59 Å². The Morgan fingerprint density at radius 2 is 1.57 bits per heavy atom. The first-order valence-corrected chi connectivity index (χ1v) is 5.40. The van der Waals surface area contributed by atoms with Gasteiger partial charge in [-0.25, -0.2) is 4.79 Å². The Bertz CT molecular complexity index is 1160. The summed E-state index contributed by atoms with van der Waals surface area (Å²) in [7, 11) is 0. The van der Waals surface area contributed by atoms with Gasteiger partial charge in [0.1, 0.15) is 0 Å². The summed E-state index contributed by atoms with van der Waals surface area (Å²) in [5, 5.41) is -0.277. The SMILES string of the molecule is [2H]C([2H])([2H])C([2H])([2H])C([2H])([2H])C([2H])([2H])C([2H])([2H])C([2H])([2H])C([2H])([2H])C([2H])([2H])C([2H])([2H])C([2H])([2H])C([2H])([2H])C(=O)ON1C(=O)CCC1=O. The molecule has 0 aliphatic carbocycles. The molecule has 1 fully saturated rings. The molecule has 1 aliphatic rings. The fraction of sp³-hybridized carbons (Fsp3) is 0.812. The van der Waals surface area contributed by atoms with E-state index in [1.165, 1.54) is 0 Å². The normalized spacial score (nSPS) is 38.5. The van der Waals surface area contributed by atoms with E-state index in [2.05, 4.69) is 4.84 Å². The third-order valence-corrected chi connectivity index (χ3v) is 1.84. The highest BCUT2D eigenvalue weighted by molar-refractivity contribution is 6.01. The standard InChI is InChI=1S/C16H27NO4/c1-2-3-4-5-6-7-8-9-10-11-16(20)21-17-14(18)12-13-15(17)19/h2-13H2,1H3/i1D3,2D2,3D2,4D2,5D2,6D2,7D2,8D2,9D2,10D2,11D2. The van der Waals surface area contributed by atoms with Gasteiger partial charge in [0, 0.05) is 50.7 Å². The van der Waals surface area contributed by atoms with E-state index < -0.39 is 101 Å². The maximum atomic E-state index is 12.5. The Morgan fingerprint density at radius 3 is 2.14 bits per heavy atom. The van der Waals surface area contributed by atoms with Gasteiger partial charge in [0.05, 0.1) is 0 Å². The van der Waals surface area contributed by atoms with E-state index in [4.69, 9.17) is 31.5 Å². The Kier molecular flexibility index (Phi) is 1.84. The Hall–Kier alpha value is -1.39. The van der Waals surface area contributed by atoms with Gasteiger partial charge >= 0.3 is 5.97 Å². The zero-order valence-corrected chi connectivity index (χ0v) is 10.5. The van der Waals surface area contributed by atoms with Crippen LogP contribution in [0.4, 0.5) is 0 Å². The topological polar surface area (TPSA) is 63.7 Å². The zero-order valence-electron chi connectivity index (χ0n) is 33.5. The molecule has 0 N–H and O–H groups in total. The summed E-state index contributed by atoms with van der Waals surface area (Å²) in [5.41, 5.74) is 0. The molecule has 1 aliphatic heterocycles. The molecule has 1 rings (SSSR count). The van der Waals surface area contributed by atoms with Crippen molar-refractivity contribution in [3.63, 3.8) is 0 Å². The van der Waals surface area contributed by atoms with Gasteiger partial charge < -0.3 is 4.84 Å². The van der Waals surface area contributed by atoms with Gasteiger partial charge in [0.15, 0.2) is 0 Å². The Morgan fingerprint density at radius 1 is 1.05 bits per heavy atom. The van der Waals surface area contributed by atoms with Crippen LogP contribution in [-0.4, -0.2) is 22.8 Å². The number of carbonyl (C=O) groups is 3. The lowest BCUT2D eigenvalue weighted by Crippen LogP contribution is -2.31. The van der Waals surface area contributed by atoms with Crippen LogP contribution in [0.2, 0.25) is 0 Å². The molecule has 21 heavy (non-hydrogen) atoms. The van der Waals surface area contributed by atoms with E-state index in [1.807, 2.05) is 0 Å². The maximum Gasteiger partial charge on any atom is 0.333 e. The number of amides is 2. The van der Waals surface area contributed by atoms with Crippen LogP contribution in [0.15, 0.2) is 0 Å². The first kappa shape index (κ1) is 3.74. The van der Waals surface area contributed by atoms with Gasteiger partial charge in [0.2, 0.25) is 0 Å². The molecular formula is C16H27NO4. The van der Waals surface area contributed by atoms with Crippen LogP contribution in [0.3, 0.4) is 0 Å². The first-order chi connectivity index (χ1) is 18.8. The molecule has 1 saturated heterocycles. The lowest BCUT2D eigenvalue weighted by atomic mass is 10.1. The number of carbonyl (C=O) groups excluding carboxylic acids is 3. The second-order valence-electron chi connectivity index (χ2n) is 3.21. The number of nitrogens with zero attached hydrogens (tertiary/aromatic N) is 1. The van der Waals surface area contributed by atoms with Crippen LogP contribution in [-0.2, 0) is 19.2 Å². The Balaban J connectivity index is 3.76. The summed E-state index contributed by atoms with van der Waals surface area (Å²) in [5.74, 6) is -4.88. The summed E-state index contributed by atoms with van der Waals surface area (Å²) in [6, 6.07) is 0. The summed E-state index contributed by atoms with van der Waals surface area (Å²) >= 11 is 0. The van der Waals surface area contributed by atoms with E-state index in [0.29, 0.717) is 0 Å². The van der Waals surface area contributed by atoms with Crippen molar-refractivity contribution in [3.05, 3.63) is 0 Å². The van der Waals surface area contributed by atoms with Crippen molar-refractivity contribution in [2.45, 2.75) is 83.4 Å². The van der Waals surface area contributed by atoms with E-state index in [1.54, 1.807) is 0 Å². The van der Waals surface area contributed by atoms with Gasteiger partial charge in [0.25, 0.3) is 11.8 Å². The number of hydroxylamine groups is 2. The van der Waals surface area contributed by atoms with Gasteiger partial charge in [-0.05, 0) is 6.37 Å². The van der Waals surface area contributed by atoms with Crippen molar-refractivity contribution in [3.8, 4) is 0 Å². The molecule has 2 amide bonds.